The van der Waals surface area contributed by atoms with Gasteiger partial charge in [-0.05, 0) is 17.5 Å². The maximum atomic E-state index is 8.80. The van der Waals surface area contributed by atoms with Crippen molar-refractivity contribution in [2.75, 3.05) is 0 Å². The highest BCUT2D eigenvalue weighted by Crippen LogP contribution is 2.22. The Morgan fingerprint density at radius 1 is 1.67 bits per heavy atom. The molecule has 1 rings (SSSR count). The Balaban J connectivity index is 2.85. The highest BCUT2D eigenvalue weighted by molar-refractivity contribution is 7.06. The van der Waals surface area contributed by atoms with E-state index < -0.39 is 0 Å². The molecule has 0 atom stereocenters. The van der Waals surface area contributed by atoms with E-state index in [1.165, 1.54) is 11.5 Å². The quantitative estimate of drug-likeness (QED) is 0.652. The van der Waals surface area contributed by atoms with Crippen LogP contribution in [0.15, 0.2) is 6.07 Å². The van der Waals surface area contributed by atoms with Crippen LogP contribution in [-0.2, 0) is 0 Å². The van der Waals surface area contributed by atoms with E-state index >= 15 is 0 Å². The summed E-state index contributed by atoms with van der Waals surface area (Å²) in [4.78, 5) is 1.13. The summed E-state index contributed by atoms with van der Waals surface area (Å²) in [5, 5.41) is 8.80. The number of hydrogen-bond acceptors (Lipinski definition) is 3. The average Bonchev–Trinajstić information content (AvgIpc) is 2.14. The smallest absolute Gasteiger partial charge is 0.222 e. The number of rotatable bonds is 1. The summed E-state index contributed by atoms with van der Waals surface area (Å²) in [7, 11) is 0. The number of nitrogens with zero attached hydrogens (tertiary/aromatic N) is 1. The molecule has 2 nitrogen and oxygen atoms in total. The Morgan fingerprint density at radius 3 is 2.56 bits per heavy atom. The third-order valence-electron chi connectivity index (χ3n) is 1.08. The van der Waals surface area contributed by atoms with Crippen LogP contribution in [0.2, 0.25) is 0 Å². The van der Waals surface area contributed by atoms with Crippen molar-refractivity contribution >= 4 is 11.5 Å². The molecule has 0 fully saturated rings. The number of aromatic nitrogens is 1. The van der Waals surface area contributed by atoms with E-state index in [9.17, 15) is 0 Å². The summed E-state index contributed by atoms with van der Waals surface area (Å²) in [6.45, 7) is 4.15. The summed E-state index contributed by atoms with van der Waals surface area (Å²) >= 11 is 1.36. The highest BCUT2D eigenvalue weighted by Gasteiger charge is 2.02. The van der Waals surface area contributed by atoms with Crippen molar-refractivity contribution in [3.05, 3.63) is 10.9 Å². The van der Waals surface area contributed by atoms with Crippen LogP contribution >= 0.6 is 11.5 Å². The Labute approximate surface area is 58.3 Å². The normalized spacial score (nSPS) is 10.6. The maximum Gasteiger partial charge on any atom is 0.222 e. The lowest BCUT2D eigenvalue weighted by Crippen LogP contribution is -1.77. The first-order valence-corrected chi connectivity index (χ1v) is 3.63. The van der Waals surface area contributed by atoms with Gasteiger partial charge in [0.2, 0.25) is 5.88 Å². The largest absolute Gasteiger partial charge is 0.493 e. The van der Waals surface area contributed by atoms with Gasteiger partial charge in [0.1, 0.15) is 0 Å². The maximum absolute atomic E-state index is 8.80. The summed E-state index contributed by atoms with van der Waals surface area (Å²) in [6, 6.07) is 1.70. The van der Waals surface area contributed by atoms with Crippen LogP contribution in [0.25, 0.3) is 0 Å². The van der Waals surface area contributed by atoms with Crippen molar-refractivity contribution in [3.63, 3.8) is 0 Å². The van der Waals surface area contributed by atoms with Crippen molar-refractivity contribution in [3.8, 4) is 5.88 Å². The predicted molar refractivity (Wildman–Crippen MR) is 37.9 cm³/mol. The minimum Gasteiger partial charge on any atom is -0.493 e. The van der Waals surface area contributed by atoms with E-state index in [1.807, 2.05) is 0 Å². The van der Waals surface area contributed by atoms with Gasteiger partial charge in [0, 0.05) is 10.9 Å². The number of aromatic hydroxyl groups is 1. The average molecular weight is 143 g/mol. The molecule has 50 valence electrons. The molecule has 0 radical (unpaired) electrons. The van der Waals surface area contributed by atoms with E-state index in [-0.39, 0.29) is 5.88 Å². The molecule has 0 aliphatic heterocycles. The second-order valence-electron chi connectivity index (χ2n) is 2.24. The van der Waals surface area contributed by atoms with Gasteiger partial charge in [-0.1, -0.05) is 13.8 Å². The van der Waals surface area contributed by atoms with Gasteiger partial charge in [-0.25, -0.2) is 0 Å². The Bertz CT molecular complexity index is 195. The second-order valence-corrected chi connectivity index (χ2v) is 3.08. The van der Waals surface area contributed by atoms with Crippen LogP contribution < -0.4 is 0 Å². The van der Waals surface area contributed by atoms with Gasteiger partial charge in [-0.15, -0.1) is 0 Å². The molecule has 1 N–H and O–H groups in total. The fourth-order valence-corrected chi connectivity index (χ4v) is 1.17. The van der Waals surface area contributed by atoms with Gasteiger partial charge >= 0.3 is 0 Å². The summed E-state index contributed by atoms with van der Waals surface area (Å²) in [5.41, 5.74) is 0. The van der Waals surface area contributed by atoms with E-state index in [0.29, 0.717) is 5.92 Å². The van der Waals surface area contributed by atoms with Crippen LogP contribution in [0.3, 0.4) is 0 Å². The lowest BCUT2D eigenvalue weighted by atomic mass is 10.2. The third kappa shape index (κ3) is 1.42. The van der Waals surface area contributed by atoms with E-state index in [4.69, 9.17) is 5.11 Å². The third-order valence-corrected chi connectivity index (χ3v) is 2.16. The van der Waals surface area contributed by atoms with E-state index in [2.05, 4.69) is 18.2 Å². The molecule has 3 heteroatoms. The van der Waals surface area contributed by atoms with Gasteiger partial charge in [-0.3, -0.25) is 0 Å². The summed E-state index contributed by atoms with van der Waals surface area (Å²) in [5.74, 6) is 0.618. The van der Waals surface area contributed by atoms with Crippen LogP contribution in [0, 0.1) is 0 Å². The lowest BCUT2D eigenvalue weighted by molar-refractivity contribution is 0.459. The molecular weight excluding hydrogens is 134 g/mol. The molecule has 0 saturated carbocycles. The minimum absolute atomic E-state index is 0.142. The summed E-state index contributed by atoms with van der Waals surface area (Å²) in [6.07, 6.45) is 0. The van der Waals surface area contributed by atoms with Crippen molar-refractivity contribution in [1.82, 2.24) is 4.37 Å². The van der Waals surface area contributed by atoms with Gasteiger partial charge in [0.25, 0.3) is 0 Å². The van der Waals surface area contributed by atoms with Crippen LogP contribution in [0.5, 0.6) is 5.88 Å². The predicted octanol–water partition coefficient (Wildman–Crippen LogP) is 1.97. The first kappa shape index (κ1) is 6.55. The minimum atomic E-state index is 0.142. The standard InChI is InChI=1S/C6H9NOS/c1-4(2)5-3-6(8)7-9-5/h3-4H,1-2H3,(H,7,8). The van der Waals surface area contributed by atoms with E-state index in [1.54, 1.807) is 6.07 Å². The monoisotopic (exact) mass is 143 g/mol. The van der Waals surface area contributed by atoms with Gasteiger partial charge in [-0.2, -0.15) is 4.37 Å². The zero-order valence-corrected chi connectivity index (χ0v) is 6.27. The van der Waals surface area contributed by atoms with Crippen molar-refractivity contribution in [2.24, 2.45) is 0 Å². The molecule has 0 bridgehead atoms. The second kappa shape index (κ2) is 2.35. The Kier molecular flexibility index (Phi) is 1.71. The molecule has 0 aliphatic carbocycles. The Morgan fingerprint density at radius 2 is 2.33 bits per heavy atom. The zero-order chi connectivity index (χ0) is 6.85. The molecule has 1 heterocycles. The molecule has 1 aromatic rings. The molecule has 0 saturated heterocycles. The van der Waals surface area contributed by atoms with Crippen molar-refractivity contribution in [1.29, 1.82) is 0 Å². The summed E-state index contributed by atoms with van der Waals surface area (Å²) < 4.78 is 3.74. The molecular formula is C6H9NOS. The molecule has 0 spiro atoms. The van der Waals surface area contributed by atoms with E-state index in [0.717, 1.165) is 4.88 Å². The first-order chi connectivity index (χ1) is 4.20. The first-order valence-electron chi connectivity index (χ1n) is 2.85. The molecule has 0 unspecified atom stereocenters. The fourth-order valence-electron chi connectivity index (χ4n) is 0.551. The molecule has 0 amide bonds. The van der Waals surface area contributed by atoms with Crippen molar-refractivity contribution in [2.45, 2.75) is 19.8 Å². The Hall–Kier alpha value is -0.570. The van der Waals surface area contributed by atoms with Crippen LogP contribution in [0.4, 0.5) is 0 Å². The molecule has 0 aliphatic rings. The molecule has 0 aromatic carbocycles. The highest BCUT2D eigenvalue weighted by atomic mass is 32.1. The van der Waals surface area contributed by atoms with Gasteiger partial charge in [0.15, 0.2) is 0 Å². The molecule has 1 aromatic heterocycles. The zero-order valence-electron chi connectivity index (χ0n) is 5.46. The fraction of sp³-hybridized carbons (Fsp3) is 0.500. The topological polar surface area (TPSA) is 33.1 Å². The lowest BCUT2D eigenvalue weighted by Gasteiger charge is -1.94. The van der Waals surface area contributed by atoms with Crippen molar-refractivity contribution < 1.29 is 5.11 Å². The van der Waals surface area contributed by atoms with Gasteiger partial charge < -0.3 is 5.11 Å². The van der Waals surface area contributed by atoms with Gasteiger partial charge in [0.05, 0.1) is 0 Å². The molecule has 9 heavy (non-hydrogen) atoms. The number of hydrogen-bond donors (Lipinski definition) is 1. The SMILES string of the molecule is CC(C)c1cc(O)ns1. The van der Waals surface area contributed by atoms with Crippen LogP contribution in [0.1, 0.15) is 24.6 Å². The van der Waals surface area contributed by atoms with Crippen LogP contribution in [-0.4, -0.2) is 9.48 Å².